The van der Waals surface area contributed by atoms with Crippen molar-refractivity contribution < 1.29 is 34.4 Å². The molecule has 1 aliphatic rings. The number of hydrogen-bond acceptors (Lipinski definition) is 7. The molecular formula is C21H36N2O7. The first-order chi connectivity index (χ1) is 14.4. The van der Waals surface area contributed by atoms with Crippen molar-refractivity contribution in [3.05, 3.63) is 24.8 Å². The average Bonchev–Trinajstić information content (AvgIpc) is 2.73. The molecule has 0 bridgehead atoms. The smallest absolute Gasteiger partial charge is 0.220 e. The molecule has 1 heterocycles. The number of unbranched alkanes of at least 4 members (excludes halogenated alkanes) is 2. The van der Waals surface area contributed by atoms with Gasteiger partial charge in [0.25, 0.3) is 0 Å². The summed E-state index contributed by atoms with van der Waals surface area (Å²) in [4.78, 5) is 23.3. The summed E-state index contributed by atoms with van der Waals surface area (Å²) >= 11 is 0. The van der Waals surface area contributed by atoms with Gasteiger partial charge >= 0.3 is 0 Å². The van der Waals surface area contributed by atoms with Crippen LogP contribution in [-0.4, -0.2) is 77.5 Å². The Morgan fingerprint density at radius 2 is 1.67 bits per heavy atom. The third-order valence-corrected chi connectivity index (χ3v) is 4.72. The summed E-state index contributed by atoms with van der Waals surface area (Å²) in [6.07, 6.45) is 3.52. The van der Waals surface area contributed by atoms with Gasteiger partial charge in [0, 0.05) is 32.5 Å². The molecule has 9 nitrogen and oxygen atoms in total. The molecule has 0 spiro atoms. The van der Waals surface area contributed by atoms with E-state index in [1.165, 1.54) is 0 Å². The molecule has 1 saturated heterocycles. The Bertz CT molecular complexity index is 555. The van der Waals surface area contributed by atoms with Gasteiger partial charge in [0.15, 0.2) is 6.29 Å². The van der Waals surface area contributed by atoms with Gasteiger partial charge in [-0.25, -0.2) is 0 Å². The van der Waals surface area contributed by atoms with E-state index in [4.69, 9.17) is 9.47 Å². The van der Waals surface area contributed by atoms with Crippen LogP contribution in [0.5, 0.6) is 0 Å². The van der Waals surface area contributed by atoms with E-state index in [1.807, 2.05) is 6.08 Å². The number of rotatable bonds is 14. The highest BCUT2D eigenvalue weighted by atomic mass is 16.7. The lowest BCUT2D eigenvalue weighted by atomic mass is 10.0. The number of amides is 2. The molecule has 0 radical (unpaired) electrons. The van der Waals surface area contributed by atoms with Crippen LogP contribution in [0.1, 0.15) is 45.4 Å². The van der Waals surface area contributed by atoms with Crippen LogP contribution < -0.4 is 10.6 Å². The van der Waals surface area contributed by atoms with Crippen LogP contribution >= 0.6 is 0 Å². The minimum atomic E-state index is -1.30. The number of carbonyl (C=O) groups is 2. The van der Waals surface area contributed by atoms with E-state index < -0.39 is 30.7 Å². The van der Waals surface area contributed by atoms with Crippen LogP contribution in [0.15, 0.2) is 24.8 Å². The molecular weight excluding hydrogens is 392 g/mol. The van der Waals surface area contributed by atoms with Gasteiger partial charge in [0.1, 0.15) is 18.3 Å². The lowest BCUT2D eigenvalue weighted by molar-refractivity contribution is -0.293. The van der Waals surface area contributed by atoms with Crippen LogP contribution in [0.25, 0.3) is 0 Å². The summed E-state index contributed by atoms with van der Waals surface area (Å²) in [6.45, 7) is 6.25. The minimum absolute atomic E-state index is 0.0542. The molecule has 30 heavy (non-hydrogen) atoms. The summed E-state index contributed by atoms with van der Waals surface area (Å²) in [6, 6.07) is 0. The zero-order chi connectivity index (χ0) is 22.4. The maximum atomic E-state index is 11.8. The van der Waals surface area contributed by atoms with E-state index in [-0.39, 0.29) is 11.8 Å². The average molecular weight is 429 g/mol. The molecule has 0 aromatic rings. The van der Waals surface area contributed by atoms with Gasteiger partial charge in [-0.3, -0.25) is 9.59 Å². The highest BCUT2D eigenvalue weighted by Gasteiger charge is 2.42. The number of aliphatic hydroxyl groups excluding tert-OH is 3. The fourth-order valence-corrected chi connectivity index (χ4v) is 2.90. The van der Waals surface area contributed by atoms with Crippen LogP contribution in [0.4, 0.5) is 0 Å². The van der Waals surface area contributed by atoms with Crippen LogP contribution in [0, 0.1) is 0 Å². The van der Waals surface area contributed by atoms with E-state index in [0.717, 1.165) is 6.42 Å². The Morgan fingerprint density at radius 3 is 2.33 bits per heavy atom. The highest BCUT2D eigenvalue weighted by molar-refractivity contribution is 5.77. The molecule has 172 valence electrons. The first-order valence-electron chi connectivity index (χ1n) is 10.5. The molecule has 1 aliphatic heterocycles. The molecule has 1 fully saturated rings. The molecule has 5 N–H and O–H groups in total. The van der Waals surface area contributed by atoms with Crippen molar-refractivity contribution in [3.8, 4) is 0 Å². The van der Waals surface area contributed by atoms with Gasteiger partial charge in [-0.15, -0.1) is 0 Å². The zero-order valence-electron chi connectivity index (χ0n) is 17.7. The predicted octanol–water partition coefficient (Wildman–Crippen LogP) is 0.146. The first-order valence-corrected chi connectivity index (χ1v) is 10.5. The fourth-order valence-electron chi connectivity index (χ4n) is 2.90. The molecule has 0 aromatic carbocycles. The molecule has 5 atom stereocenters. The van der Waals surface area contributed by atoms with Crippen molar-refractivity contribution in [1.82, 2.24) is 10.6 Å². The molecule has 2 amide bonds. The Morgan fingerprint density at radius 1 is 1.00 bits per heavy atom. The maximum Gasteiger partial charge on any atom is 0.220 e. The Hall–Kier alpha value is -1.78. The van der Waals surface area contributed by atoms with Crippen LogP contribution in [0.3, 0.4) is 0 Å². The van der Waals surface area contributed by atoms with Crippen molar-refractivity contribution in [2.45, 2.75) is 76.2 Å². The molecule has 1 rings (SSSR count). The van der Waals surface area contributed by atoms with E-state index in [0.29, 0.717) is 51.8 Å². The summed E-state index contributed by atoms with van der Waals surface area (Å²) in [5, 5.41) is 34.7. The standard InChI is InChI=1S/C21H36N2O7/c1-3-4-5-7-10-16(24)22-12-13-23-17(25)11-8-6-9-14-29-21-20(28)19(27)18(26)15(2)30-21/h3-5,15,18-21,26-28H,1,6-14H2,2H3,(H,22,24)(H,23,25)/b5-4+/t15-,18-,19+,20+,21+/m0/s1. The van der Waals surface area contributed by atoms with Gasteiger partial charge in [-0.2, -0.15) is 0 Å². The number of allylic oxidation sites excluding steroid dienone is 3. The van der Waals surface area contributed by atoms with Crippen molar-refractivity contribution in [2.24, 2.45) is 0 Å². The number of carbonyl (C=O) groups excluding carboxylic acids is 2. The number of nitrogens with one attached hydrogen (secondary N) is 2. The highest BCUT2D eigenvalue weighted by Crippen LogP contribution is 2.21. The quantitative estimate of drug-likeness (QED) is 0.196. The summed E-state index contributed by atoms with van der Waals surface area (Å²) in [7, 11) is 0. The lowest BCUT2D eigenvalue weighted by Crippen LogP contribution is -2.57. The second kappa shape index (κ2) is 15.1. The van der Waals surface area contributed by atoms with Gasteiger partial charge in [-0.1, -0.05) is 31.2 Å². The number of hydrogen-bond donors (Lipinski definition) is 5. The largest absolute Gasteiger partial charge is 0.388 e. The third kappa shape index (κ3) is 10.3. The predicted molar refractivity (Wildman–Crippen MR) is 111 cm³/mol. The monoisotopic (exact) mass is 428 g/mol. The lowest BCUT2D eigenvalue weighted by Gasteiger charge is -2.38. The topological polar surface area (TPSA) is 137 Å². The number of ether oxygens (including phenoxy) is 2. The molecule has 0 aromatic heterocycles. The van der Waals surface area contributed by atoms with Crippen molar-refractivity contribution in [3.63, 3.8) is 0 Å². The minimum Gasteiger partial charge on any atom is -0.388 e. The number of aliphatic hydroxyl groups is 3. The van der Waals surface area contributed by atoms with Crippen LogP contribution in [0.2, 0.25) is 0 Å². The van der Waals surface area contributed by atoms with Crippen molar-refractivity contribution in [1.29, 1.82) is 0 Å². The molecule has 9 heteroatoms. The normalized spacial score (nSPS) is 26.5. The zero-order valence-corrected chi connectivity index (χ0v) is 17.7. The molecule has 0 aliphatic carbocycles. The summed E-state index contributed by atoms with van der Waals surface area (Å²) in [5.74, 6) is -0.127. The molecule has 0 saturated carbocycles. The van der Waals surface area contributed by atoms with Gasteiger partial charge < -0.3 is 35.4 Å². The summed E-state index contributed by atoms with van der Waals surface area (Å²) in [5.41, 5.74) is 0. The fraction of sp³-hybridized carbons (Fsp3) is 0.714. The Balaban J connectivity index is 2.00. The third-order valence-electron chi connectivity index (χ3n) is 4.72. The van der Waals surface area contributed by atoms with Gasteiger partial charge in [0.05, 0.1) is 6.10 Å². The second-order valence-electron chi connectivity index (χ2n) is 7.27. The Labute approximate surface area is 178 Å². The second-order valence-corrected chi connectivity index (χ2v) is 7.27. The van der Waals surface area contributed by atoms with E-state index in [9.17, 15) is 24.9 Å². The van der Waals surface area contributed by atoms with Crippen molar-refractivity contribution >= 4 is 11.8 Å². The first kappa shape index (κ1) is 26.3. The molecule has 0 unspecified atom stereocenters. The summed E-state index contributed by atoms with van der Waals surface area (Å²) < 4.78 is 10.8. The SMILES string of the molecule is C=C/C=C/CCC(=O)NCCNC(=O)CCCCCO[C@@H]1O[C@@H](C)[C@H](O)[C@@H](O)[C@H]1O. The van der Waals surface area contributed by atoms with E-state index >= 15 is 0 Å². The van der Waals surface area contributed by atoms with E-state index in [1.54, 1.807) is 19.1 Å². The van der Waals surface area contributed by atoms with Gasteiger partial charge in [-0.05, 0) is 26.2 Å². The van der Waals surface area contributed by atoms with E-state index in [2.05, 4.69) is 17.2 Å². The Kier molecular flexibility index (Phi) is 13.2. The van der Waals surface area contributed by atoms with Crippen molar-refractivity contribution in [2.75, 3.05) is 19.7 Å². The van der Waals surface area contributed by atoms with Gasteiger partial charge in [0.2, 0.25) is 11.8 Å². The maximum absolute atomic E-state index is 11.8. The van der Waals surface area contributed by atoms with Crippen LogP contribution in [-0.2, 0) is 19.1 Å².